The lowest BCUT2D eigenvalue weighted by Gasteiger charge is -2.32. The van der Waals surface area contributed by atoms with Crippen LogP contribution in [0.15, 0.2) is 12.2 Å². The lowest BCUT2D eigenvalue weighted by molar-refractivity contribution is -0.125. The Morgan fingerprint density at radius 1 is 1.36 bits per heavy atom. The van der Waals surface area contributed by atoms with Gasteiger partial charge in [-0.25, -0.2) is 4.79 Å². The second kappa shape index (κ2) is 6.63. The molecule has 5 heteroatoms. The first-order chi connectivity index (χ1) is 10.4. The molecule has 122 valence electrons. The zero-order chi connectivity index (χ0) is 16.3. The molecule has 5 nitrogen and oxygen atoms in total. The number of amides is 2. The Bertz CT molecular complexity index is 480. The second-order valence-corrected chi connectivity index (χ2v) is 6.75. The predicted molar refractivity (Wildman–Crippen MR) is 84.4 cm³/mol. The zero-order valence-corrected chi connectivity index (χ0v) is 13.7. The van der Waals surface area contributed by atoms with Gasteiger partial charge in [0.2, 0.25) is 0 Å². The maximum Gasteiger partial charge on any atom is 0.317 e. The molecular weight excluding hydrogens is 280 g/mol. The molecule has 1 N–H and O–H groups in total. The van der Waals surface area contributed by atoms with Gasteiger partial charge in [0.1, 0.15) is 0 Å². The van der Waals surface area contributed by atoms with Crippen molar-refractivity contribution in [2.75, 3.05) is 19.6 Å². The van der Waals surface area contributed by atoms with Crippen molar-refractivity contribution in [1.29, 1.82) is 0 Å². The number of hydrogen-bond donors (Lipinski definition) is 1. The van der Waals surface area contributed by atoms with Crippen molar-refractivity contribution in [2.45, 2.75) is 40.0 Å². The van der Waals surface area contributed by atoms with Crippen LogP contribution in [0.3, 0.4) is 0 Å². The van der Waals surface area contributed by atoms with Crippen molar-refractivity contribution < 1.29 is 14.4 Å². The number of likely N-dealkylation sites (tertiary alicyclic amines) is 1. The lowest BCUT2D eigenvalue weighted by atomic mass is 9.74. The summed E-state index contributed by atoms with van der Waals surface area (Å²) in [7, 11) is 0. The summed E-state index contributed by atoms with van der Waals surface area (Å²) in [5, 5.41) is 2.85. The molecule has 0 bridgehead atoms. The van der Waals surface area contributed by atoms with E-state index in [1.807, 2.05) is 4.90 Å². The van der Waals surface area contributed by atoms with Gasteiger partial charge in [0.05, 0.1) is 5.92 Å². The molecule has 1 aliphatic carbocycles. The van der Waals surface area contributed by atoms with E-state index in [1.165, 1.54) is 12.2 Å². The van der Waals surface area contributed by atoms with Gasteiger partial charge in [-0.15, -0.1) is 0 Å². The fourth-order valence-corrected chi connectivity index (χ4v) is 3.49. The lowest BCUT2D eigenvalue weighted by Crippen LogP contribution is -2.41. The first kappa shape index (κ1) is 16.7. The van der Waals surface area contributed by atoms with Crippen molar-refractivity contribution >= 4 is 17.6 Å². The number of nitrogens with zero attached hydrogens (tertiary/aromatic N) is 1. The van der Waals surface area contributed by atoms with Crippen LogP contribution in [-0.4, -0.2) is 42.1 Å². The van der Waals surface area contributed by atoms with Gasteiger partial charge in [-0.3, -0.25) is 9.59 Å². The molecule has 1 heterocycles. The molecule has 2 amide bonds. The minimum Gasteiger partial charge on any atom is -0.338 e. The molecule has 22 heavy (non-hydrogen) atoms. The third-order valence-electron chi connectivity index (χ3n) is 5.41. The number of carbonyl (C=O) groups excluding carboxylic acids is 3. The number of ketones is 2. The molecular formula is C17H26N2O3. The summed E-state index contributed by atoms with van der Waals surface area (Å²) in [4.78, 5) is 37.1. The number of hydrogen-bond acceptors (Lipinski definition) is 3. The smallest absolute Gasteiger partial charge is 0.317 e. The van der Waals surface area contributed by atoms with Crippen molar-refractivity contribution in [3.8, 4) is 0 Å². The van der Waals surface area contributed by atoms with Gasteiger partial charge >= 0.3 is 6.03 Å². The molecule has 0 radical (unpaired) electrons. The predicted octanol–water partition coefficient (Wildman–Crippen LogP) is 2.17. The number of rotatable bonds is 5. The van der Waals surface area contributed by atoms with E-state index >= 15 is 0 Å². The highest BCUT2D eigenvalue weighted by atomic mass is 16.2. The normalized spacial score (nSPS) is 25.5. The quantitative estimate of drug-likeness (QED) is 0.792. The molecule has 0 saturated carbocycles. The van der Waals surface area contributed by atoms with E-state index in [1.54, 1.807) is 0 Å². The van der Waals surface area contributed by atoms with Crippen LogP contribution in [0.1, 0.15) is 40.0 Å². The number of urea groups is 1. The summed E-state index contributed by atoms with van der Waals surface area (Å²) < 4.78 is 0. The van der Waals surface area contributed by atoms with E-state index in [0.29, 0.717) is 18.9 Å². The van der Waals surface area contributed by atoms with E-state index in [2.05, 4.69) is 26.1 Å². The average Bonchev–Trinajstić information content (AvgIpc) is 3.06. The van der Waals surface area contributed by atoms with Crippen LogP contribution in [-0.2, 0) is 9.59 Å². The largest absolute Gasteiger partial charge is 0.338 e. The Morgan fingerprint density at radius 2 is 2.00 bits per heavy atom. The summed E-state index contributed by atoms with van der Waals surface area (Å²) in [5.41, 5.74) is 0.221. The summed E-state index contributed by atoms with van der Waals surface area (Å²) in [6, 6.07) is -0.0816. The van der Waals surface area contributed by atoms with Crippen LogP contribution in [0.5, 0.6) is 0 Å². The average molecular weight is 306 g/mol. The Labute approximate surface area is 132 Å². The van der Waals surface area contributed by atoms with Crippen LogP contribution in [0.4, 0.5) is 4.79 Å². The molecule has 1 aliphatic heterocycles. The summed E-state index contributed by atoms with van der Waals surface area (Å²) >= 11 is 0. The van der Waals surface area contributed by atoms with Gasteiger partial charge in [-0.05, 0) is 42.7 Å². The highest BCUT2D eigenvalue weighted by Gasteiger charge is 2.40. The Hall–Kier alpha value is -1.65. The first-order valence-corrected chi connectivity index (χ1v) is 8.18. The Morgan fingerprint density at radius 3 is 2.50 bits per heavy atom. The fraction of sp³-hybridized carbons (Fsp3) is 0.706. The van der Waals surface area contributed by atoms with Crippen molar-refractivity contribution in [1.82, 2.24) is 10.2 Å². The van der Waals surface area contributed by atoms with E-state index < -0.39 is 5.92 Å². The minimum absolute atomic E-state index is 0.0816. The first-order valence-electron chi connectivity index (χ1n) is 8.18. The fourth-order valence-electron chi connectivity index (χ4n) is 3.49. The standard InChI is InChI=1S/C17H26N2O3/c1-4-17(12(2)3)8-10-19(11-17)16(22)18-9-7-13-14(20)5-6-15(13)21/h5-6,12-13H,4,7-11H2,1-3H3,(H,18,22). The highest BCUT2D eigenvalue weighted by molar-refractivity contribution is 6.18. The third kappa shape index (κ3) is 3.23. The van der Waals surface area contributed by atoms with Crippen molar-refractivity contribution in [3.05, 3.63) is 12.2 Å². The van der Waals surface area contributed by atoms with Gasteiger partial charge in [0, 0.05) is 19.6 Å². The van der Waals surface area contributed by atoms with Crippen LogP contribution in [0.25, 0.3) is 0 Å². The van der Waals surface area contributed by atoms with E-state index in [4.69, 9.17) is 0 Å². The molecule has 1 unspecified atom stereocenters. The van der Waals surface area contributed by atoms with Crippen LogP contribution >= 0.6 is 0 Å². The monoisotopic (exact) mass is 306 g/mol. The Kier molecular flexibility index (Phi) is 5.04. The van der Waals surface area contributed by atoms with Crippen molar-refractivity contribution in [3.63, 3.8) is 0 Å². The summed E-state index contributed by atoms with van der Waals surface area (Å²) in [6.07, 6.45) is 5.15. The molecule has 0 spiro atoms. The zero-order valence-electron chi connectivity index (χ0n) is 13.7. The number of nitrogens with one attached hydrogen (secondary N) is 1. The van der Waals surface area contributed by atoms with Gasteiger partial charge in [0.15, 0.2) is 11.6 Å². The van der Waals surface area contributed by atoms with E-state index in [9.17, 15) is 14.4 Å². The number of carbonyl (C=O) groups is 3. The molecule has 1 saturated heterocycles. The number of allylic oxidation sites excluding steroid dienone is 2. The SMILES string of the molecule is CCC1(C(C)C)CCN(C(=O)NCCC2C(=O)C=CC2=O)C1. The maximum absolute atomic E-state index is 12.2. The Balaban J connectivity index is 1.79. The van der Waals surface area contributed by atoms with Crippen LogP contribution in [0.2, 0.25) is 0 Å². The molecule has 0 aromatic heterocycles. The highest BCUT2D eigenvalue weighted by Crippen LogP contribution is 2.40. The second-order valence-electron chi connectivity index (χ2n) is 6.75. The van der Waals surface area contributed by atoms with Crippen molar-refractivity contribution in [2.24, 2.45) is 17.3 Å². The summed E-state index contributed by atoms with van der Waals surface area (Å²) in [5.74, 6) is -0.338. The third-order valence-corrected chi connectivity index (χ3v) is 5.41. The van der Waals surface area contributed by atoms with E-state index in [0.717, 1.165) is 25.9 Å². The van der Waals surface area contributed by atoms with Gasteiger partial charge in [0.25, 0.3) is 0 Å². The maximum atomic E-state index is 12.2. The molecule has 0 aromatic rings. The van der Waals surface area contributed by atoms with Crippen LogP contribution in [0, 0.1) is 17.3 Å². The molecule has 1 fully saturated rings. The molecule has 1 atom stereocenters. The molecule has 0 aromatic carbocycles. The summed E-state index contributed by atoms with van der Waals surface area (Å²) in [6.45, 7) is 8.55. The van der Waals surface area contributed by atoms with E-state index in [-0.39, 0.29) is 23.0 Å². The molecule has 2 aliphatic rings. The van der Waals surface area contributed by atoms with Gasteiger partial charge < -0.3 is 10.2 Å². The minimum atomic E-state index is -0.593. The topological polar surface area (TPSA) is 66.5 Å². The van der Waals surface area contributed by atoms with Gasteiger partial charge in [-0.2, -0.15) is 0 Å². The molecule has 2 rings (SSSR count). The van der Waals surface area contributed by atoms with Crippen LogP contribution < -0.4 is 5.32 Å². The van der Waals surface area contributed by atoms with Gasteiger partial charge in [-0.1, -0.05) is 20.8 Å².